The van der Waals surface area contributed by atoms with E-state index < -0.39 is 23.2 Å². The van der Waals surface area contributed by atoms with Crippen molar-refractivity contribution in [2.24, 2.45) is 17.1 Å². The van der Waals surface area contributed by atoms with Gasteiger partial charge in [0.1, 0.15) is 16.8 Å². The van der Waals surface area contributed by atoms with E-state index in [-0.39, 0.29) is 12.5 Å². The molecule has 0 saturated carbocycles. The van der Waals surface area contributed by atoms with Crippen LogP contribution in [0, 0.1) is 11.3 Å². The number of nitrogens with zero attached hydrogens (tertiary/aromatic N) is 1. The van der Waals surface area contributed by atoms with Gasteiger partial charge in [-0.05, 0) is 75.4 Å². The van der Waals surface area contributed by atoms with Crippen molar-refractivity contribution in [1.82, 2.24) is 4.98 Å². The van der Waals surface area contributed by atoms with Gasteiger partial charge in [-0.3, -0.25) is 15.5 Å². The first-order valence-electron chi connectivity index (χ1n) is 10.3. The zero-order valence-corrected chi connectivity index (χ0v) is 18.8. The number of hydrogen-bond donors (Lipinski definition) is 2. The van der Waals surface area contributed by atoms with Crippen molar-refractivity contribution in [2.45, 2.75) is 66.4 Å². The van der Waals surface area contributed by atoms with Crippen LogP contribution in [-0.4, -0.2) is 27.9 Å². The number of pyridine rings is 1. The van der Waals surface area contributed by atoms with Gasteiger partial charge >= 0.3 is 5.97 Å². The SMILES string of the molecule is CC(C)CC(C)(C(=O)OC(C)(C)C)C(N)Oc1ccc(-c2ccncc2)cc1CO. The van der Waals surface area contributed by atoms with Gasteiger partial charge in [0.15, 0.2) is 6.23 Å². The molecule has 3 N–H and O–H groups in total. The number of aliphatic hydroxyl groups is 1. The summed E-state index contributed by atoms with van der Waals surface area (Å²) >= 11 is 0. The number of ether oxygens (including phenoxy) is 2. The molecule has 1 aromatic heterocycles. The quantitative estimate of drug-likeness (QED) is 0.494. The van der Waals surface area contributed by atoms with Gasteiger partial charge in [0, 0.05) is 18.0 Å². The summed E-state index contributed by atoms with van der Waals surface area (Å²) in [4.78, 5) is 17.0. The summed E-state index contributed by atoms with van der Waals surface area (Å²) in [7, 11) is 0. The zero-order valence-electron chi connectivity index (χ0n) is 18.8. The molecule has 0 fully saturated rings. The van der Waals surface area contributed by atoms with Crippen molar-refractivity contribution < 1.29 is 19.4 Å². The molecule has 2 atom stereocenters. The fourth-order valence-electron chi connectivity index (χ4n) is 3.37. The number of hydrogen-bond acceptors (Lipinski definition) is 6. The van der Waals surface area contributed by atoms with E-state index in [2.05, 4.69) is 4.98 Å². The van der Waals surface area contributed by atoms with Crippen LogP contribution in [0.3, 0.4) is 0 Å². The predicted octanol–water partition coefficient (Wildman–Crippen LogP) is 4.30. The second-order valence-corrected chi connectivity index (χ2v) is 9.27. The van der Waals surface area contributed by atoms with Crippen molar-refractivity contribution >= 4 is 5.97 Å². The normalized spacial score (nSPS) is 14.8. The maximum atomic E-state index is 13.0. The first kappa shape index (κ1) is 23.8. The minimum Gasteiger partial charge on any atom is -0.474 e. The molecule has 2 aromatic rings. The Balaban J connectivity index is 2.32. The molecule has 0 aliphatic rings. The van der Waals surface area contributed by atoms with E-state index in [9.17, 15) is 9.90 Å². The van der Waals surface area contributed by atoms with Gasteiger partial charge in [-0.1, -0.05) is 19.9 Å². The van der Waals surface area contributed by atoms with Gasteiger partial charge in [-0.15, -0.1) is 0 Å². The topological polar surface area (TPSA) is 94.7 Å². The molecule has 0 spiro atoms. The largest absolute Gasteiger partial charge is 0.474 e. The number of nitrogens with two attached hydrogens (primary N) is 1. The summed E-state index contributed by atoms with van der Waals surface area (Å²) in [5.41, 5.74) is 7.24. The lowest BCUT2D eigenvalue weighted by Crippen LogP contribution is -2.52. The zero-order chi connectivity index (χ0) is 22.5. The highest BCUT2D eigenvalue weighted by atomic mass is 16.6. The lowest BCUT2D eigenvalue weighted by molar-refractivity contribution is -0.174. The highest BCUT2D eigenvalue weighted by molar-refractivity contribution is 5.77. The molecule has 6 heteroatoms. The van der Waals surface area contributed by atoms with Crippen molar-refractivity contribution in [2.75, 3.05) is 0 Å². The molecule has 0 radical (unpaired) electrons. The summed E-state index contributed by atoms with van der Waals surface area (Å²) < 4.78 is 11.7. The van der Waals surface area contributed by atoms with Gasteiger partial charge < -0.3 is 14.6 Å². The van der Waals surface area contributed by atoms with Crippen LogP contribution in [0.2, 0.25) is 0 Å². The number of carbonyl (C=O) groups is 1. The molecule has 2 rings (SSSR count). The Morgan fingerprint density at radius 2 is 1.73 bits per heavy atom. The number of rotatable bonds is 8. The monoisotopic (exact) mass is 414 g/mol. The van der Waals surface area contributed by atoms with Crippen molar-refractivity contribution in [3.8, 4) is 16.9 Å². The van der Waals surface area contributed by atoms with Crippen LogP contribution in [0.25, 0.3) is 11.1 Å². The molecule has 6 nitrogen and oxygen atoms in total. The van der Waals surface area contributed by atoms with Gasteiger partial charge in [-0.2, -0.15) is 0 Å². The first-order valence-corrected chi connectivity index (χ1v) is 10.3. The van der Waals surface area contributed by atoms with Crippen molar-refractivity contribution in [3.05, 3.63) is 48.3 Å². The van der Waals surface area contributed by atoms with Gasteiger partial charge in [0.05, 0.1) is 6.61 Å². The highest BCUT2D eigenvalue weighted by Crippen LogP contribution is 2.35. The van der Waals surface area contributed by atoms with Gasteiger partial charge in [-0.25, -0.2) is 0 Å². The van der Waals surface area contributed by atoms with Crippen LogP contribution >= 0.6 is 0 Å². The molecular weight excluding hydrogens is 380 g/mol. The first-order chi connectivity index (χ1) is 14.0. The second-order valence-electron chi connectivity index (χ2n) is 9.27. The van der Waals surface area contributed by atoms with Gasteiger partial charge in [0.25, 0.3) is 0 Å². The molecule has 2 unspecified atom stereocenters. The Kier molecular flexibility index (Phi) is 7.61. The van der Waals surface area contributed by atoms with E-state index in [1.807, 2.05) is 58.9 Å². The lowest BCUT2D eigenvalue weighted by atomic mass is 9.80. The fraction of sp³-hybridized carbons (Fsp3) is 0.500. The smallest absolute Gasteiger partial charge is 0.317 e. The van der Waals surface area contributed by atoms with E-state index in [0.717, 1.165) is 11.1 Å². The summed E-state index contributed by atoms with van der Waals surface area (Å²) in [5.74, 6) is 0.264. The number of benzene rings is 1. The Morgan fingerprint density at radius 1 is 1.10 bits per heavy atom. The van der Waals surface area contributed by atoms with Crippen molar-refractivity contribution in [1.29, 1.82) is 0 Å². The predicted molar refractivity (Wildman–Crippen MR) is 118 cm³/mol. The van der Waals surface area contributed by atoms with Crippen LogP contribution in [0.15, 0.2) is 42.7 Å². The van der Waals surface area contributed by atoms with Gasteiger partial charge in [0.2, 0.25) is 0 Å². The molecule has 0 bridgehead atoms. The average molecular weight is 415 g/mol. The third kappa shape index (κ3) is 6.03. The number of esters is 1. The summed E-state index contributed by atoms with van der Waals surface area (Å²) in [6.07, 6.45) is 3.00. The molecule has 1 aromatic carbocycles. The van der Waals surface area contributed by atoms with E-state index >= 15 is 0 Å². The Bertz CT molecular complexity index is 846. The lowest BCUT2D eigenvalue weighted by Gasteiger charge is -2.37. The Morgan fingerprint density at radius 3 is 2.27 bits per heavy atom. The average Bonchev–Trinajstić information content (AvgIpc) is 2.67. The number of aliphatic hydroxyl groups excluding tert-OH is 1. The highest BCUT2D eigenvalue weighted by Gasteiger charge is 2.45. The molecule has 164 valence electrons. The second kappa shape index (κ2) is 9.58. The summed E-state index contributed by atoms with van der Waals surface area (Å²) in [5, 5.41) is 9.89. The van der Waals surface area contributed by atoms with E-state index in [1.165, 1.54) is 0 Å². The third-order valence-corrected chi connectivity index (χ3v) is 4.82. The summed E-state index contributed by atoms with van der Waals surface area (Å²) in [6.45, 7) is 11.1. The van der Waals surface area contributed by atoms with E-state index in [0.29, 0.717) is 17.7 Å². The third-order valence-electron chi connectivity index (χ3n) is 4.82. The minimum absolute atomic E-state index is 0.212. The maximum absolute atomic E-state index is 13.0. The molecule has 1 heterocycles. The Labute approximate surface area is 179 Å². The van der Waals surface area contributed by atoms with Crippen LogP contribution in [0.5, 0.6) is 5.75 Å². The maximum Gasteiger partial charge on any atom is 0.317 e. The van der Waals surface area contributed by atoms with Crippen molar-refractivity contribution in [3.63, 3.8) is 0 Å². The standard InChI is InChI=1S/C24H34N2O4/c1-16(2)14-24(6,22(28)30-23(3,4)5)21(25)29-20-8-7-18(13-19(20)15-27)17-9-11-26-12-10-17/h7-13,16,21,27H,14-15,25H2,1-6H3. The van der Waals surface area contributed by atoms with E-state index in [4.69, 9.17) is 15.2 Å². The molecular formula is C24H34N2O4. The molecule has 0 aliphatic carbocycles. The Hall–Kier alpha value is -2.44. The molecule has 0 aliphatic heterocycles. The minimum atomic E-state index is -1.04. The number of aromatic nitrogens is 1. The molecule has 0 amide bonds. The molecule has 30 heavy (non-hydrogen) atoms. The van der Waals surface area contributed by atoms with Crippen LogP contribution < -0.4 is 10.5 Å². The van der Waals surface area contributed by atoms with Crippen LogP contribution in [-0.2, 0) is 16.1 Å². The van der Waals surface area contributed by atoms with E-state index in [1.54, 1.807) is 25.4 Å². The fourth-order valence-corrected chi connectivity index (χ4v) is 3.37. The van der Waals surface area contributed by atoms with Crippen LogP contribution in [0.1, 0.15) is 53.5 Å². The van der Waals surface area contributed by atoms with Crippen LogP contribution in [0.4, 0.5) is 0 Å². The number of carbonyl (C=O) groups excluding carboxylic acids is 1. The molecule has 0 saturated heterocycles. The summed E-state index contributed by atoms with van der Waals surface area (Å²) in [6, 6.07) is 9.30.